The Morgan fingerprint density at radius 1 is 1.16 bits per heavy atom. The van der Waals surface area contributed by atoms with E-state index in [2.05, 4.69) is 31.3 Å². The van der Waals surface area contributed by atoms with Gasteiger partial charge in [-0.15, -0.1) is 0 Å². The van der Waals surface area contributed by atoms with Crippen LogP contribution >= 0.6 is 0 Å². The first-order chi connectivity index (χ1) is 9.22. The highest BCUT2D eigenvalue weighted by atomic mass is 16.5. The highest BCUT2D eigenvalue weighted by molar-refractivity contribution is 5.76. The van der Waals surface area contributed by atoms with Crippen LogP contribution in [-0.4, -0.2) is 18.6 Å². The van der Waals surface area contributed by atoms with Gasteiger partial charge in [-0.3, -0.25) is 4.79 Å². The van der Waals surface area contributed by atoms with Crippen LogP contribution < -0.4 is 5.32 Å². The minimum atomic E-state index is -0.213. The minimum absolute atomic E-state index is 0.132. The maximum atomic E-state index is 12.0. The zero-order valence-corrected chi connectivity index (χ0v) is 12.2. The number of hydrogen-bond donors (Lipinski definition) is 1. The van der Waals surface area contributed by atoms with Crippen molar-refractivity contribution in [3.05, 3.63) is 35.9 Å². The Morgan fingerprint density at radius 3 is 2.32 bits per heavy atom. The van der Waals surface area contributed by atoms with Crippen LogP contribution in [0.2, 0.25) is 0 Å². The van der Waals surface area contributed by atoms with Crippen molar-refractivity contribution in [2.24, 2.45) is 5.92 Å². The van der Waals surface area contributed by atoms with Crippen molar-refractivity contribution in [3.63, 3.8) is 0 Å². The summed E-state index contributed by atoms with van der Waals surface area (Å²) >= 11 is 0. The fraction of sp³-hybridized carbons (Fsp3) is 0.562. The summed E-state index contributed by atoms with van der Waals surface area (Å²) in [6.07, 6.45) is 1.95. The van der Waals surface area contributed by atoms with Crippen molar-refractivity contribution >= 4 is 5.97 Å². The molecule has 1 unspecified atom stereocenters. The second kappa shape index (κ2) is 8.70. The highest BCUT2D eigenvalue weighted by Gasteiger charge is 2.26. The van der Waals surface area contributed by atoms with E-state index in [1.165, 1.54) is 5.56 Å². The molecule has 1 N–H and O–H groups in total. The van der Waals surface area contributed by atoms with E-state index in [1.54, 1.807) is 0 Å². The van der Waals surface area contributed by atoms with Gasteiger partial charge >= 0.3 is 5.97 Å². The average Bonchev–Trinajstić information content (AvgIpc) is 2.44. The Kier molecular flexibility index (Phi) is 7.19. The number of hydrogen-bond acceptors (Lipinski definition) is 3. The van der Waals surface area contributed by atoms with Gasteiger partial charge in [-0.1, -0.05) is 57.0 Å². The maximum Gasteiger partial charge on any atom is 0.323 e. The van der Waals surface area contributed by atoms with E-state index in [0.717, 1.165) is 12.8 Å². The van der Waals surface area contributed by atoms with Crippen LogP contribution in [0.1, 0.15) is 39.2 Å². The van der Waals surface area contributed by atoms with E-state index in [0.29, 0.717) is 19.1 Å². The van der Waals surface area contributed by atoms with Crippen molar-refractivity contribution in [2.45, 2.75) is 46.2 Å². The molecule has 3 nitrogen and oxygen atoms in total. The molecule has 0 amide bonds. The molecule has 0 aromatic heterocycles. The van der Waals surface area contributed by atoms with Crippen molar-refractivity contribution < 1.29 is 9.53 Å². The largest absolute Gasteiger partial charge is 0.465 e. The van der Waals surface area contributed by atoms with Gasteiger partial charge in [0, 0.05) is 6.54 Å². The third-order valence-corrected chi connectivity index (χ3v) is 3.43. The highest BCUT2D eigenvalue weighted by Crippen LogP contribution is 2.15. The SMILES string of the molecule is CCOC(=O)C(NCc1ccccc1)C(CC)CC. The summed E-state index contributed by atoms with van der Waals surface area (Å²) in [5.41, 5.74) is 1.18. The number of benzene rings is 1. The number of ether oxygens (including phenoxy) is 1. The fourth-order valence-electron chi connectivity index (χ4n) is 2.26. The molecule has 106 valence electrons. The Morgan fingerprint density at radius 2 is 1.79 bits per heavy atom. The lowest BCUT2D eigenvalue weighted by Gasteiger charge is -2.24. The summed E-state index contributed by atoms with van der Waals surface area (Å²) < 4.78 is 5.18. The topological polar surface area (TPSA) is 38.3 Å². The molecule has 0 aliphatic rings. The Bertz CT molecular complexity index is 360. The van der Waals surface area contributed by atoms with Gasteiger partial charge in [0.15, 0.2) is 0 Å². The molecule has 1 rings (SSSR count). The van der Waals surface area contributed by atoms with Crippen LogP contribution in [0.25, 0.3) is 0 Å². The quantitative estimate of drug-likeness (QED) is 0.732. The number of carbonyl (C=O) groups excluding carboxylic acids is 1. The maximum absolute atomic E-state index is 12.0. The summed E-state index contributed by atoms with van der Waals surface area (Å²) in [7, 11) is 0. The Balaban J connectivity index is 2.65. The van der Waals surface area contributed by atoms with E-state index in [4.69, 9.17) is 4.74 Å². The van der Waals surface area contributed by atoms with Crippen LogP contribution in [-0.2, 0) is 16.1 Å². The van der Waals surface area contributed by atoms with Gasteiger partial charge in [0.25, 0.3) is 0 Å². The summed E-state index contributed by atoms with van der Waals surface area (Å²) in [4.78, 5) is 12.0. The Hall–Kier alpha value is -1.35. The summed E-state index contributed by atoms with van der Waals surface area (Å²) in [5, 5.41) is 3.35. The van der Waals surface area contributed by atoms with Crippen LogP contribution in [0.5, 0.6) is 0 Å². The van der Waals surface area contributed by atoms with Crippen LogP contribution in [0.15, 0.2) is 30.3 Å². The van der Waals surface area contributed by atoms with Crippen LogP contribution in [0.3, 0.4) is 0 Å². The van der Waals surface area contributed by atoms with Gasteiger partial charge in [-0.25, -0.2) is 0 Å². The molecule has 0 saturated heterocycles. The molecule has 0 radical (unpaired) electrons. The van der Waals surface area contributed by atoms with Crippen molar-refractivity contribution in [1.29, 1.82) is 0 Å². The van der Waals surface area contributed by atoms with Crippen molar-refractivity contribution in [2.75, 3.05) is 6.61 Å². The second-order valence-electron chi connectivity index (χ2n) is 4.67. The van der Waals surface area contributed by atoms with Crippen LogP contribution in [0.4, 0.5) is 0 Å². The van der Waals surface area contributed by atoms with Gasteiger partial charge in [-0.05, 0) is 18.4 Å². The first-order valence-electron chi connectivity index (χ1n) is 7.16. The molecule has 0 aliphatic heterocycles. The molecule has 1 aromatic rings. The minimum Gasteiger partial charge on any atom is -0.465 e. The fourth-order valence-corrected chi connectivity index (χ4v) is 2.26. The molecule has 0 bridgehead atoms. The summed E-state index contributed by atoms with van der Waals surface area (Å²) in [6, 6.07) is 9.91. The van der Waals surface area contributed by atoms with Gasteiger partial charge in [0.1, 0.15) is 6.04 Å². The third-order valence-electron chi connectivity index (χ3n) is 3.43. The van der Waals surface area contributed by atoms with Crippen molar-refractivity contribution in [1.82, 2.24) is 5.32 Å². The lowest BCUT2D eigenvalue weighted by molar-refractivity contribution is -0.147. The van der Waals surface area contributed by atoms with Gasteiger partial charge in [0.05, 0.1) is 6.61 Å². The predicted molar refractivity (Wildman–Crippen MR) is 77.8 cm³/mol. The van der Waals surface area contributed by atoms with E-state index in [9.17, 15) is 4.79 Å². The molecule has 0 heterocycles. The van der Waals surface area contributed by atoms with Gasteiger partial charge < -0.3 is 10.1 Å². The molecule has 19 heavy (non-hydrogen) atoms. The van der Waals surface area contributed by atoms with Gasteiger partial charge in [-0.2, -0.15) is 0 Å². The molecule has 1 atom stereocenters. The first kappa shape index (κ1) is 15.7. The number of esters is 1. The molecule has 0 aliphatic carbocycles. The second-order valence-corrected chi connectivity index (χ2v) is 4.67. The Labute approximate surface area is 116 Å². The van der Waals surface area contributed by atoms with E-state index in [1.807, 2.05) is 25.1 Å². The van der Waals surface area contributed by atoms with Crippen LogP contribution in [0, 0.1) is 5.92 Å². The average molecular weight is 263 g/mol. The number of carbonyl (C=O) groups is 1. The van der Waals surface area contributed by atoms with E-state index in [-0.39, 0.29) is 12.0 Å². The zero-order valence-electron chi connectivity index (χ0n) is 12.2. The lowest BCUT2D eigenvalue weighted by Crippen LogP contribution is -2.43. The predicted octanol–water partition coefficient (Wildman–Crippen LogP) is 3.14. The zero-order chi connectivity index (χ0) is 14.1. The van der Waals surface area contributed by atoms with Gasteiger partial charge in [0.2, 0.25) is 0 Å². The monoisotopic (exact) mass is 263 g/mol. The van der Waals surface area contributed by atoms with E-state index < -0.39 is 0 Å². The molecule has 0 spiro atoms. The molecular formula is C16H25NO2. The first-order valence-corrected chi connectivity index (χ1v) is 7.16. The molecule has 0 fully saturated rings. The summed E-state index contributed by atoms with van der Waals surface area (Å²) in [5.74, 6) is 0.190. The normalized spacial score (nSPS) is 12.4. The van der Waals surface area contributed by atoms with Crippen molar-refractivity contribution in [3.8, 4) is 0 Å². The molecule has 3 heteroatoms. The molecule has 0 saturated carbocycles. The third kappa shape index (κ3) is 5.03. The lowest BCUT2D eigenvalue weighted by atomic mass is 9.94. The smallest absolute Gasteiger partial charge is 0.323 e. The summed E-state index contributed by atoms with van der Waals surface area (Å²) in [6.45, 7) is 7.21. The van der Waals surface area contributed by atoms with E-state index >= 15 is 0 Å². The number of nitrogens with one attached hydrogen (secondary N) is 1. The number of rotatable bonds is 8. The standard InChI is InChI=1S/C16H25NO2/c1-4-14(5-2)15(16(18)19-6-3)17-12-13-10-8-7-9-11-13/h7-11,14-15,17H,4-6,12H2,1-3H3. The molecular weight excluding hydrogens is 238 g/mol. The molecule has 1 aromatic carbocycles.